The number of hydrogen-bond donors (Lipinski definition) is 1. The van der Waals surface area contributed by atoms with Gasteiger partial charge in [0.25, 0.3) is 0 Å². The summed E-state index contributed by atoms with van der Waals surface area (Å²) in [5.41, 5.74) is -0.248. The molecule has 4 aliphatic carbocycles. The Morgan fingerprint density at radius 2 is 1.67 bits per heavy atom. The maximum Gasteiger partial charge on any atom is 0.305 e. The van der Waals surface area contributed by atoms with Crippen LogP contribution in [-0.2, 0) is 28.6 Å². The Bertz CT molecular complexity index is 857. The van der Waals surface area contributed by atoms with Gasteiger partial charge in [-0.1, -0.05) is 20.8 Å². The van der Waals surface area contributed by atoms with Gasteiger partial charge in [0.05, 0.1) is 13.2 Å². The summed E-state index contributed by atoms with van der Waals surface area (Å²) >= 11 is 0. The monoisotopic (exact) mass is 506 g/mol. The van der Waals surface area contributed by atoms with Crippen LogP contribution < -0.4 is 0 Å². The number of ether oxygens (including phenoxy) is 3. The standard InChI is InChI=1S/C29H46O7/c1-16(7-10-26(33)34-6)21-8-9-22-27-23(15-25(32)29(21,22)5)28(4)12-11-20(35-17(2)30)13-19(28)14-24(27)36-18(3)31/h16,19-25,27,32H,7-15H2,1-6H3/t16-,19+,20-,21+,22-,23-,24+,25+,27-,28-,29+/m0/s1. The predicted molar refractivity (Wildman–Crippen MR) is 134 cm³/mol. The maximum atomic E-state index is 12.2. The van der Waals surface area contributed by atoms with Crippen molar-refractivity contribution in [1.29, 1.82) is 0 Å². The fourth-order valence-electron chi connectivity index (χ4n) is 9.42. The van der Waals surface area contributed by atoms with E-state index in [2.05, 4.69) is 20.8 Å². The zero-order valence-electron chi connectivity index (χ0n) is 23.0. The molecule has 0 aromatic heterocycles. The van der Waals surface area contributed by atoms with E-state index in [1.54, 1.807) is 0 Å². The van der Waals surface area contributed by atoms with Gasteiger partial charge in [-0.25, -0.2) is 0 Å². The summed E-state index contributed by atoms with van der Waals surface area (Å²) in [5, 5.41) is 11.8. The van der Waals surface area contributed by atoms with Crippen molar-refractivity contribution in [3.8, 4) is 0 Å². The summed E-state index contributed by atoms with van der Waals surface area (Å²) in [6, 6.07) is 0. The lowest BCUT2D eigenvalue weighted by Gasteiger charge is -2.64. The van der Waals surface area contributed by atoms with Crippen molar-refractivity contribution in [2.75, 3.05) is 7.11 Å². The number of carbonyl (C=O) groups is 3. The third kappa shape index (κ3) is 4.69. The number of aliphatic hydroxyl groups excluding tert-OH is 1. The topological polar surface area (TPSA) is 99.1 Å². The van der Waals surface area contributed by atoms with Crippen LogP contribution in [-0.4, -0.2) is 48.4 Å². The number of aliphatic hydroxyl groups is 1. The quantitative estimate of drug-likeness (QED) is 0.412. The third-order valence-electron chi connectivity index (χ3n) is 11.2. The molecule has 7 heteroatoms. The predicted octanol–water partition coefficient (Wildman–Crippen LogP) is 4.68. The first-order chi connectivity index (χ1) is 16.9. The van der Waals surface area contributed by atoms with Crippen LogP contribution in [0.15, 0.2) is 0 Å². The van der Waals surface area contributed by atoms with Crippen molar-refractivity contribution >= 4 is 17.9 Å². The van der Waals surface area contributed by atoms with E-state index in [0.29, 0.717) is 24.7 Å². The molecular formula is C29H46O7. The lowest BCUT2D eigenvalue weighted by molar-refractivity contribution is -0.218. The summed E-state index contributed by atoms with van der Waals surface area (Å²) in [6.45, 7) is 9.78. The summed E-state index contributed by atoms with van der Waals surface area (Å²) in [6.07, 6.45) is 6.59. The molecule has 0 amide bonds. The molecule has 0 aromatic carbocycles. The van der Waals surface area contributed by atoms with Crippen molar-refractivity contribution in [1.82, 2.24) is 0 Å². The molecule has 0 radical (unpaired) electrons. The first-order valence-electron chi connectivity index (χ1n) is 14.0. The highest BCUT2D eigenvalue weighted by atomic mass is 16.5. The molecule has 204 valence electrons. The molecule has 0 spiro atoms. The highest BCUT2D eigenvalue weighted by Crippen LogP contribution is 2.68. The number of rotatable bonds is 6. The van der Waals surface area contributed by atoms with Gasteiger partial charge in [0.2, 0.25) is 0 Å². The Morgan fingerprint density at radius 3 is 2.31 bits per heavy atom. The van der Waals surface area contributed by atoms with Gasteiger partial charge in [0.1, 0.15) is 12.2 Å². The smallest absolute Gasteiger partial charge is 0.305 e. The van der Waals surface area contributed by atoms with Crippen LogP contribution in [0.1, 0.15) is 92.4 Å². The van der Waals surface area contributed by atoms with E-state index < -0.39 is 6.10 Å². The van der Waals surface area contributed by atoms with Crippen LogP contribution in [0.2, 0.25) is 0 Å². The molecular weight excluding hydrogens is 460 g/mol. The Hall–Kier alpha value is -1.63. The van der Waals surface area contributed by atoms with Crippen LogP contribution in [0.3, 0.4) is 0 Å². The first-order valence-corrected chi connectivity index (χ1v) is 14.0. The van der Waals surface area contributed by atoms with E-state index in [9.17, 15) is 19.5 Å². The van der Waals surface area contributed by atoms with Gasteiger partial charge in [0, 0.05) is 26.2 Å². The fraction of sp³-hybridized carbons (Fsp3) is 0.897. The summed E-state index contributed by atoms with van der Waals surface area (Å²) in [5.74, 6) is 0.965. The maximum absolute atomic E-state index is 12.2. The number of hydrogen-bond acceptors (Lipinski definition) is 7. The van der Waals surface area contributed by atoms with E-state index in [4.69, 9.17) is 14.2 Å². The molecule has 0 heterocycles. The lowest BCUT2D eigenvalue weighted by Crippen LogP contribution is -2.63. The summed E-state index contributed by atoms with van der Waals surface area (Å²) < 4.78 is 16.5. The SMILES string of the molecule is COC(=O)CC[C@H](C)[C@H]1CC[C@H]2[C@@H]3[C@H](OC(C)=O)C[C@H]4C[C@@H](OC(C)=O)CC[C@]4(C)[C@H]3C[C@@H](O)[C@]12C. The van der Waals surface area contributed by atoms with Gasteiger partial charge >= 0.3 is 17.9 Å². The summed E-state index contributed by atoms with van der Waals surface area (Å²) in [4.78, 5) is 35.7. The lowest BCUT2D eigenvalue weighted by atomic mass is 9.43. The van der Waals surface area contributed by atoms with Crippen molar-refractivity contribution in [3.05, 3.63) is 0 Å². The zero-order valence-corrected chi connectivity index (χ0v) is 23.0. The minimum atomic E-state index is -0.434. The minimum absolute atomic E-state index is 0.0227. The third-order valence-corrected chi connectivity index (χ3v) is 11.2. The molecule has 4 saturated carbocycles. The molecule has 36 heavy (non-hydrogen) atoms. The number of carbonyl (C=O) groups excluding carboxylic acids is 3. The molecule has 11 atom stereocenters. The molecule has 4 rings (SSSR count). The molecule has 0 bridgehead atoms. The second kappa shape index (κ2) is 10.3. The molecule has 1 N–H and O–H groups in total. The normalized spacial score (nSPS) is 44.4. The van der Waals surface area contributed by atoms with Crippen molar-refractivity contribution in [2.24, 2.45) is 46.3 Å². The minimum Gasteiger partial charge on any atom is -0.469 e. The van der Waals surface area contributed by atoms with E-state index in [1.165, 1.54) is 21.0 Å². The van der Waals surface area contributed by atoms with Crippen molar-refractivity contribution < 1.29 is 33.7 Å². The fourth-order valence-corrected chi connectivity index (χ4v) is 9.42. The van der Waals surface area contributed by atoms with E-state index in [-0.39, 0.29) is 64.6 Å². The van der Waals surface area contributed by atoms with Gasteiger partial charge in [-0.05, 0) is 91.8 Å². The number of fused-ring (bicyclic) bond motifs is 5. The first kappa shape index (κ1) is 27.4. The summed E-state index contributed by atoms with van der Waals surface area (Å²) in [7, 11) is 1.43. The average molecular weight is 507 g/mol. The molecule has 0 unspecified atom stereocenters. The average Bonchev–Trinajstić information content (AvgIpc) is 3.16. The Kier molecular flexibility index (Phi) is 7.81. The van der Waals surface area contributed by atoms with E-state index in [1.807, 2.05) is 0 Å². The highest BCUT2D eigenvalue weighted by Gasteiger charge is 2.66. The van der Waals surface area contributed by atoms with E-state index >= 15 is 0 Å². The van der Waals surface area contributed by atoms with Crippen LogP contribution >= 0.6 is 0 Å². The van der Waals surface area contributed by atoms with Crippen LogP contribution in [0.5, 0.6) is 0 Å². The zero-order chi connectivity index (χ0) is 26.4. The number of esters is 3. The van der Waals surface area contributed by atoms with Gasteiger partial charge in [-0.15, -0.1) is 0 Å². The molecule has 7 nitrogen and oxygen atoms in total. The molecule has 0 saturated heterocycles. The Balaban J connectivity index is 1.62. The Labute approximate surface area is 216 Å². The second-order valence-electron chi connectivity index (χ2n) is 12.8. The van der Waals surface area contributed by atoms with Gasteiger partial charge in [-0.3, -0.25) is 14.4 Å². The number of methoxy groups -OCH3 is 1. The van der Waals surface area contributed by atoms with Crippen LogP contribution in [0.4, 0.5) is 0 Å². The Morgan fingerprint density at radius 1 is 0.972 bits per heavy atom. The molecule has 4 fully saturated rings. The van der Waals surface area contributed by atoms with Crippen molar-refractivity contribution in [2.45, 2.75) is 111 Å². The largest absolute Gasteiger partial charge is 0.469 e. The molecule has 0 aromatic rings. The second-order valence-corrected chi connectivity index (χ2v) is 12.8. The van der Waals surface area contributed by atoms with Crippen molar-refractivity contribution in [3.63, 3.8) is 0 Å². The highest BCUT2D eigenvalue weighted by molar-refractivity contribution is 5.69. The van der Waals surface area contributed by atoms with Crippen LogP contribution in [0, 0.1) is 46.3 Å². The van der Waals surface area contributed by atoms with E-state index in [0.717, 1.165) is 44.9 Å². The van der Waals surface area contributed by atoms with Gasteiger partial charge in [0.15, 0.2) is 0 Å². The molecule has 4 aliphatic rings. The van der Waals surface area contributed by atoms with Crippen LogP contribution in [0.25, 0.3) is 0 Å². The molecule has 0 aliphatic heterocycles. The van der Waals surface area contributed by atoms with Gasteiger partial charge < -0.3 is 19.3 Å². The van der Waals surface area contributed by atoms with Gasteiger partial charge in [-0.2, -0.15) is 0 Å².